The highest BCUT2D eigenvalue weighted by Gasteiger charge is 2.22. The number of carbonyl (C=O) groups excluding carboxylic acids is 1. The third-order valence-corrected chi connectivity index (χ3v) is 5.15. The molecule has 1 N–H and O–H groups in total. The molecule has 1 aromatic carbocycles. The van der Waals surface area contributed by atoms with Gasteiger partial charge in [0.1, 0.15) is 18.1 Å². The summed E-state index contributed by atoms with van der Waals surface area (Å²) in [6.07, 6.45) is 6.07. The van der Waals surface area contributed by atoms with Gasteiger partial charge in [0.15, 0.2) is 0 Å². The molecule has 5 heteroatoms. The molecule has 1 amide bonds. The standard InChI is InChI=1S/C22H30N2O3/c1-4-12-27-21-11-8-10-19-18(21)14-20(22(25)23-16(3)5-2)24(19)15-17-9-6-7-13-26-17/h4,8,10-11,14,16-17H,1,5-7,9,12-13,15H2,2-3H3,(H,23,25)/t16-,17-/m0/s1. The minimum absolute atomic E-state index is 0.0500. The molecule has 1 aliphatic rings. The van der Waals surface area contributed by atoms with Crippen LogP contribution >= 0.6 is 0 Å². The molecule has 0 unspecified atom stereocenters. The highest BCUT2D eigenvalue weighted by molar-refractivity contribution is 6.00. The van der Waals surface area contributed by atoms with Crippen LogP contribution in [0.2, 0.25) is 0 Å². The Kier molecular flexibility index (Phi) is 6.56. The van der Waals surface area contributed by atoms with Crippen LogP contribution in [0.3, 0.4) is 0 Å². The topological polar surface area (TPSA) is 52.5 Å². The monoisotopic (exact) mass is 370 g/mol. The Morgan fingerprint density at radius 2 is 2.33 bits per heavy atom. The van der Waals surface area contributed by atoms with Crippen LogP contribution in [0.4, 0.5) is 0 Å². The second-order valence-electron chi connectivity index (χ2n) is 7.20. The van der Waals surface area contributed by atoms with Crippen molar-refractivity contribution in [1.29, 1.82) is 0 Å². The number of aromatic nitrogens is 1. The Labute approximate surface area is 161 Å². The molecule has 2 aromatic rings. The van der Waals surface area contributed by atoms with Crippen LogP contribution in [0.1, 0.15) is 50.0 Å². The Balaban J connectivity index is 2.00. The van der Waals surface area contributed by atoms with Gasteiger partial charge in [-0.1, -0.05) is 25.6 Å². The summed E-state index contributed by atoms with van der Waals surface area (Å²) in [5, 5.41) is 4.04. The lowest BCUT2D eigenvalue weighted by Crippen LogP contribution is -2.34. The molecule has 27 heavy (non-hydrogen) atoms. The lowest BCUT2D eigenvalue weighted by Gasteiger charge is -2.24. The number of carbonyl (C=O) groups is 1. The largest absolute Gasteiger partial charge is 0.489 e. The summed E-state index contributed by atoms with van der Waals surface area (Å²) < 4.78 is 13.8. The first-order valence-electron chi connectivity index (χ1n) is 9.92. The van der Waals surface area contributed by atoms with Gasteiger partial charge in [-0.25, -0.2) is 0 Å². The zero-order valence-electron chi connectivity index (χ0n) is 16.4. The van der Waals surface area contributed by atoms with Gasteiger partial charge in [-0.3, -0.25) is 4.79 Å². The molecule has 0 aliphatic carbocycles. The summed E-state index contributed by atoms with van der Waals surface area (Å²) in [6.45, 7) is 9.71. The van der Waals surface area contributed by atoms with Crippen molar-refractivity contribution >= 4 is 16.8 Å². The molecule has 0 radical (unpaired) electrons. The predicted octanol–water partition coefficient (Wildman–Crippen LogP) is 4.30. The minimum Gasteiger partial charge on any atom is -0.489 e. The number of nitrogens with zero attached hydrogens (tertiary/aromatic N) is 1. The van der Waals surface area contributed by atoms with Crippen molar-refractivity contribution in [2.24, 2.45) is 0 Å². The summed E-state index contributed by atoms with van der Waals surface area (Å²) in [7, 11) is 0. The first-order chi connectivity index (χ1) is 13.1. The van der Waals surface area contributed by atoms with E-state index in [4.69, 9.17) is 9.47 Å². The third-order valence-electron chi connectivity index (χ3n) is 5.15. The fourth-order valence-electron chi connectivity index (χ4n) is 3.47. The predicted molar refractivity (Wildman–Crippen MR) is 108 cm³/mol. The SMILES string of the molecule is C=CCOc1cccc2c1cc(C(=O)N[C@@H](C)CC)n2C[C@@H]1CCCCO1. The average molecular weight is 370 g/mol. The molecule has 0 bridgehead atoms. The van der Waals surface area contributed by atoms with Crippen molar-refractivity contribution in [3.8, 4) is 5.75 Å². The molecular weight excluding hydrogens is 340 g/mol. The van der Waals surface area contributed by atoms with Crippen LogP contribution in [0.5, 0.6) is 5.75 Å². The van der Waals surface area contributed by atoms with Crippen LogP contribution in [-0.2, 0) is 11.3 Å². The van der Waals surface area contributed by atoms with Crippen molar-refractivity contribution in [2.45, 2.75) is 58.2 Å². The van der Waals surface area contributed by atoms with Crippen LogP contribution in [0, 0.1) is 0 Å². The molecule has 1 aromatic heterocycles. The summed E-state index contributed by atoms with van der Waals surface area (Å²) in [5.74, 6) is 0.722. The van der Waals surface area contributed by atoms with E-state index in [0.717, 1.165) is 42.5 Å². The van der Waals surface area contributed by atoms with Gasteiger partial charge in [0.25, 0.3) is 5.91 Å². The van der Waals surface area contributed by atoms with Crippen molar-refractivity contribution in [2.75, 3.05) is 13.2 Å². The highest BCUT2D eigenvalue weighted by atomic mass is 16.5. The van der Waals surface area contributed by atoms with Gasteiger partial charge in [-0.05, 0) is 50.8 Å². The van der Waals surface area contributed by atoms with Crippen molar-refractivity contribution < 1.29 is 14.3 Å². The van der Waals surface area contributed by atoms with E-state index in [1.165, 1.54) is 6.42 Å². The smallest absolute Gasteiger partial charge is 0.268 e. The molecule has 3 rings (SSSR count). The molecule has 0 spiro atoms. The van der Waals surface area contributed by atoms with Crippen LogP contribution in [0.15, 0.2) is 36.9 Å². The number of hydrogen-bond donors (Lipinski definition) is 1. The number of amides is 1. The molecular formula is C22H30N2O3. The molecule has 5 nitrogen and oxygen atoms in total. The van der Waals surface area contributed by atoms with E-state index in [0.29, 0.717) is 18.8 Å². The Morgan fingerprint density at radius 1 is 1.48 bits per heavy atom. The molecule has 2 heterocycles. The van der Waals surface area contributed by atoms with E-state index in [-0.39, 0.29) is 18.1 Å². The highest BCUT2D eigenvalue weighted by Crippen LogP contribution is 2.30. The maximum Gasteiger partial charge on any atom is 0.268 e. The maximum absolute atomic E-state index is 12.9. The summed E-state index contributed by atoms with van der Waals surface area (Å²) in [4.78, 5) is 12.9. The second-order valence-corrected chi connectivity index (χ2v) is 7.20. The van der Waals surface area contributed by atoms with E-state index >= 15 is 0 Å². The summed E-state index contributed by atoms with van der Waals surface area (Å²) in [5.41, 5.74) is 1.66. The quantitative estimate of drug-likeness (QED) is 0.705. The van der Waals surface area contributed by atoms with Crippen LogP contribution < -0.4 is 10.1 Å². The minimum atomic E-state index is -0.0500. The number of rotatable bonds is 8. The van der Waals surface area contributed by atoms with Gasteiger partial charge in [-0.2, -0.15) is 0 Å². The van der Waals surface area contributed by atoms with Gasteiger partial charge in [0, 0.05) is 24.6 Å². The van der Waals surface area contributed by atoms with Crippen LogP contribution in [0.25, 0.3) is 10.9 Å². The number of hydrogen-bond acceptors (Lipinski definition) is 3. The lowest BCUT2D eigenvalue weighted by atomic mass is 10.1. The molecule has 1 saturated heterocycles. The number of benzene rings is 1. The van der Waals surface area contributed by atoms with Crippen molar-refractivity contribution in [3.05, 3.63) is 42.6 Å². The van der Waals surface area contributed by atoms with Gasteiger partial charge in [0.2, 0.25) is 0 Å². The Hall–Kier alpha value is -2.27. The van der Waals surface area contributed by atoms with Gasteiger partial charge < -0.3 is 19.4 Å². The molecule has 1 aliphatic heterocycles. The third kappa shape index (κ3) is 4.53. The second kappa shape index (κ2) is 9.09. The van der Waals surface area contributed by atoms with Crippen molar-refractivity contribution in [3.63, 3.8) is 0 Å². The fourth-order valence-corrected chi connectivity index (χ4v) is 3.47. The molecule has 2 atom stereocenters. The normalized spacial score (nSPS) is 18.2. The molecule has 1 fully saturated rings. The average Bonchev–Trinajstić information content (AvgIpc) is 3.06. The van der Waals surface area contributed by atoms with Gasteiger partial charge in [-0.15, -0.1) is 0 Å². The van der Waals surface area contributed by atoms with E-state index in [2.05, 4.69) is 23.4 Å². The summed E-state index contributed by atoms with van der Waals surface area (Å²) >= 11 is 0. The first kappa shape index (κ1) is 19.5. The number of ether oxygens (including phenoxy) is 2. The zero-order valence-corrected chi connectivity index (χ0v) is 16.4. The number of nitrogens with one attached hydrogen (secondary N) is 1. The fraction of sp³-hybridized carbons (Fsp3) is 0.500. The lowest BCUT2D eigenvalue weighted by molar-refractivity contribution is 0.00636. The van der Waals surface area contributed by atoms with Gasteiger partial charge >= 0.3 is 0 Å². The van der Waals surface area contributed by atoms with E-state index < -0.39 is 0 Å². The summed E-state index contributed by atoms with van der Waals surface area (Å²) in [6, 6.07) is 8.01. The molecule has 146 valence electrons. The van der Waals surface area contributed by atoms with Crippen molar-refractivity contribution in [1.82, 2.24) is 9.88 Å². The van der Waals surface area contributed by atoms with E-state index in [1.54, 1.807) is 6.08 Å². The Bertz CT molecular complexity index is 790. The molecule has 0 saturated carbocycles. The number of fused-ring (bicyclic) bond motifs is 1. The zero-order chi connectivity index (χ0) is 19.2. The maximum atomic E-state index is 12.9. The van der Waals surface area contributed by atoms with Crippen LogP contribution in [-0.4, -0.2) is 35.8 Å². The first-order valence-corrected chi connectivity index (χ1v) is 9.92. The van der Waals surface area contributed by atoms with Gasteiger partial charge in [0.05, 0.1) is 11.6 Å². The van der Waals surface area contributed by atoms with E-state index in [1.807, 2.05) is 31.2 Å². The van der Waals surface area contributed by atoms with E-state index in [9.17, 15) is 4.79 Å². The Morgan fingerprint density at radius 3 is 3.04 bits per heavy atom.